The molecule has 0 spiro atoms. The van der Waals surface area contributed by atoms with Crippen LogP contribution in [0.4, 0.5) is 11.6 Å². The molecule has 0 aliphatic heterocycles. The van der Waals surface area contributed by atoms with Gasteiger partial charge < -0.3 is 24.9 Å². The van der Waals surface area contributed by atoms with Crippen molar-refractivity contribution in [3.05, 3.63) is 72.5 Å². The molecule has 5 rings (SSSR count). The van der Waals surface area contributed by atoms with Gasteiger partial charge in [0.1, 0.15) is 40.7 Å². The number of anilines is 2. The number of furan rings is 1. The van der Waals surface area contributed by atoms with Crippen LogP contribution in [0, 0.1) is 6.92 Å². The van der Waals surface area contributed by atoms with Gasteiger partial charge in [0.25, 0.3) is 5.91 Å². The van der Waals surface area contributed by atoms with Gasteiger partial charge in [0.2, 0.25) is 0 Å². The Balaban J connectivity index is 1.41. The van der Waals surface area contributed by atoms with Crippen molar-refractivity contribution >= 4 is 28.5 Å². The van der Waals surface area contributed by atoms with Gasteiger partial charge in [0.05, 0.1) is 29.5 Å². The molecule has 11 nitrogen and oxygen atoms in total. The minimum absolute atomic E-state index is 0.297. The van der Waals surface area contributed by atoms with E-state index in [1.54, 1.807) is 43.7 Å². The fourth-order valence-electron chi connectivity index (χ4n) is 3.75. The van der Waals surface area contributed by atoms with Gasteiger partial charge in [-0.05, 0) is 45.3 Å². The first kappa shape index (κ1) is 21.3. The highest BCUT2D eigenvalue weighted by Gasteiger charge is 2.20. The molecule has 0 unspecified atom stereocenters. The van der Waals surface area contributed by atoms with Crippen molar-refractivity contribution in [3.8, 4) is 11.4 Å². The molecule has 172 valence electrons. The van der Waals surface area contributed by atoms with Crippen molar-refractivity contribution in [3.63, 3.8) is 0 Å². The van der Waals surface area contributed by atoms with E-state index in [2.05, 4.69) is 25.4 Å². The third-order valence-corrected chi connectivity index (χ3v) is 5.23. The van der Waals surface area contributed by atoms with Crippen LogP contribution in [-0.4, -0.2) is 54.2 Å². The molecule has 0 atom stereocenters. The molecule has 0 bridgehead atoms. The van der Waals surface area contributed by atoms with Crippen molar-refractivity contribution < 1.29 is 9.21 Å². The number of imidazole rings is 1. The number of pyridine rings is 2. The fraction of sp³-hybridized carbons (Fsp3) is 0.174. The molecule has 34 heavy (non-hydrogen) atoms. The minimum atomic E-state index is -0.367. The minimum Gasteiger partial charge on any atom is -0.462 e. The first-order valence-corrected chi connectivity index (χ1v) is 10.5. The topological polar surface area (TPSA) is 133 Å². The lowest BCUT2D eigenvalue weighted by atomic mass is 10.2. The molecule has 5 aromatic rings. The zero-order chi connectivity index (χ0) is 23.8. The second kappa shape index (κ2) is 8.45. The average molecular weight is 457 g/mol. The van der Waals surface area contributed by atoms with Crippen molar-refractivity contribution in [2.24, 2.45) is 0 Å². The summed E-state index contributed by atoms with van der Waals surface area (Å²) in [5.74, 6) is 1.23. The maximum atomic E-state index is 13.1. The summed E-state index contributed by atoms with van der Waals surface area (Å²) in [6.07, 6.45) is 8.39. The number of fused-ring (bicyclic) bond motifs is 1. The monoisotopic (exact) mass is 457 g/mol. The Kier molecular flexibility index (Phi) is 5.30. The van der Waals surface area contributed by atoms with Crippen LogP contribution in [0.5, 0.6) is 0 Å². The summed E-state index contributed by atoms with van der Waals surface area (Å²) in [6, 6.07) is 7.02. The summed E-state index contributed by atoms with van der Waals surface area (Å²) in [5.41, 5.74) is 8.99. The van der Waals surface area contributed by atoms with Gasteiger partial charge >= 0.3 is 0 Å². The normalized spacial score (nSPS) is 11.4. The van der Waals surface area contributed by atoms with Gasteiger partial charge in [-0.25, -0.2) is 19.6 Å². The smallest absolute Gasteiger partial charge is 0.275 e. The molecule has 0 saturated heterocycles. The zero-order valence-corrected chi connectivity index (χ0v) is 18.9. The van der Waals surface area contributed by atoms with Crippen LogP contribution in [0.15, 0.2) is 59.7 Å². The summed E-state index contributed by atoms with van der Waals surface area (Å²) < 4.78 is 9.05. The summed E-state index contributed by atoms with van der Waals surface area (Å²) in [5, 5.41) is 7.89. The summed E-state index contributed by atoms with van der Waals surface area (Å²) >= 11 is 0. The van der Waals surface area contributed by atoms with Crippen LogP contribution in [0.1, 0.15) is 22.0 Å². The number of nitrogens with one attached hydrogen (secondary N) is 1. The number of aryl methyl sites for hydroxylation is 1. The van der Waals surface area contributed by atoms with E-state index in [9.17, 15) is 4.79 Å². The van der Waals surface area contributed by atoms with Crippen LogP contribution in [0.2, 0.25) is 0 Å². The highest BCUT2D eigenvalue weighted by molar-refractivity contribution is 6.04. The third kappa shape index (κ3) is 3.88. The van der Waals surface area contributed by atoms with E-state index in [0.717, 1.165) is 11.5 Å². The number of amides is 1. The van der Waals surface area contributed by atoms with E-state index < -0.39 is 0 Å². The fourth-order valence-corrected chi connectivity index (χ4v) is 3.75. The number of nitrogens with two attached hydrogens (primary N) is 1. The number of nitrogen functional groups attached to an aromatic ring is 1. The van der Waals surface area contributed by atoms with Gasteiger partial charge in [0.15, 0.2) is 0 Å². The van der Waals surface area contributed by atoms with E-state index >= 15 is 0 Å². The molecule has 5 aromatic heterocycles. The van der Waals surface area contributed by atoms with E-state index in [-0.39, 0.29) is 5.91 Å². The molecule has 3 N–H and O–H groups in total. The molecule has 0 saturated carbocycles. The Morgan fingerprint density at radius 2 is 2.03 bits per heavy atom. The van der Waals surface area contributed by atoms with Crippen LogP contribution < -0.4 is 11.1 Å². The number of rotatable bonds is 6. The summed E-state index contributed by atoms with van der Waals surface area (Å²) in [7, 11) is 3.97. The lowest BCUT2D eigenvalue weighted by Gasteiger charge is -2.12. The highest BCUT2D eigenvalue weighted by atomic mass is 16.3. The molecule has 0 aliphatic carbocycles. The van der Waals surface area contributed by atoms with Crippen molar-refractivity contribution in [1.82, 2.24) is 34.2 Å². The Bertz CT molecular complexity index is 1480. The predicted octanol–water partition coefficient (Wildman–Crippen LogP) is 2.80. The maximum absolute atomic E-state index is 13.1. The van der Waals surface area contributed by atoms with Gasteiger partial charge in [-0.15, -0.1) is 0 Å². The standard InChI is InChI=1S/C23H23N9O2/c1-14-10-16(32(29-14)17-13-34-18-6-7-26-22(24)21(17)18)23(33)28-19-5-4-15(11-27-19)31-9-8-25-20(31)12-30(2)3/h4-11,13H,12H2,1-3H3,(H2,24,26)(H,27,28,33). The molecular formula is C23H23N9O2. The Labute approximate surface area is 194 Å². The molecule has 0 radical (unpaired) electrons. The number of hydrogen-bond donors (Lipinski definition) is 2. The van der Waals surface area contributed by atoms with Crippen LogP contribution >= 0.6 is 0 Å². The van der Waals surface area contributed by atoms with E-state index in [4.69, 9.17) is 10.2 Å². The van der Waals surface area contributed by atoms with E-state index in [1.807, 2.05) is 35.8 Å². The van der Waals surface area contributed by atoms with Crippen LogP contribution in [0.3, 0.4) is 0 Å². The highest BCUT2D eigenvalue weighted by Crippen LogP contribution is 2.29. The maximum Gasteiger partial charge on any atom is 0.275 e. The van der Waals surface area contributed by atoms with Crippen LogP contribution in [-0.2, 0) is 6.54 Å². The molecule has 0 aliphatic rings. The molecule has 0 aromatic carbocycles. The summed E-state index contributed by atoms with van der Waals surface area (Å²) in [6.45, 7) is 2.50. The molecule has 5 heterocycles. The second-order valence-electron chi connectivity index (χ2n) is 8.08. The van der Waals surface area contributed by atoms with Gasteiger partial charge in [0, 0.05) is 18.6 Å². The molecule has 11 heteroatoms. The Morgan fingerprint density at radius 3 is 2.79 bits per heavy atom. The number of carbonyl (C=O) groups excluding carboxylic acids is 1. The van der Waals surface area contributed by atoms with Crippen molar-refractivity contribution in [2.45, 2.75) is 13.5 Å². The van der Waals surface area contributed by atoms with E-state index in [1.165, 1.54) is 10.9 Å². The van der Waals surface area contributed by atoms with Crippen molar-refractivity contribution in [2.75, 3.05) is 25.1 Å². The Hall–Kier alpha value is -4.51. The van der Waals surface area contributed by atoms with Gasteiger partial charge in [-0.2, -0.15) is 5.10 Å². The number of aromatic nitrogens is 6. The lowest BCUT2D eigenvalue weighted by molar-refractivity contribution is 0.101. The number of hydrogen-bond acceptors (Lipinski definition) is 8. The van der Waals surface area contributed by atoms with Crippen molar-refractivity contribution in [1.29, 1.82) is 0 Å². The molecular weight excluding hydrogens is 434 g/mol. The zero-order valence-electron chi connectivity index (χ0n) is 18.9. The molecule has 1 amide bonds. The Morgan fingerprint density at radius 1 is 1.18 bits per heavy atom. The average Bonchev–Trinajstić information content (AvgIpc) is 3.52. The SMILES string of the molecule is Cc1cc(C(=O)Nc2ccc(-n3ccnc3CN(C)C)cn2)n(-c2coc3ccnc(N)c23)n1. The molecule has 0 fully saturated rings. The summed E-state index contributed by atoms with van der Waals surface area (Å²) in [4.78, 5) is 28.1. The first-order valence-electron chi connectivity index (χ1n) is 10.5. The van der Waals surface area contributed by atoms with E-state index in [0.29, 0.717) is 46.2 Å². The second-order valence-corrected chi connectivity index (χ2v) is 8.08. The predicted molar refractivity (Wildman–Crippen MR) is 127 cm³/mol. The third-order valence-electron chi connectivity index (χ3n) is 5.23. The lowest BCUT2D eigenvalue weighted by Crippen LogP contribution is -2.18. The first-order chi connectivity index (χ1) is 16.4. The van der Waals surface area contributed by atoms with Gasteiger partial charge in [-0.3, -0.25) is 4.79 Å². The van der Waals surface area contributed by atoms with Crippen LogP contribution in [0.25, 0.3) is 22.3 Å². The van der Waals surface area contributed by atoms with Gasteiger partial charge in [-0.1, -0.05) is 0 Å². The number of nitrogens with zero attached hydrogens (tertiary/aromatic N) is 7. The number of carbonyl (C=O) groups is 1. The largest absolute Gasteiger partial charge is 0.462 e. The quantitative estimate of drug-likeness (QED) is 0.398.